The van der Waals surface area contributed by atoms with Gasteiger partial charge in [0.2, 0.25) is 0 Å². The monoisotopic (exact) mass is 564 g/mol. The third kappa shape index (κ3) is 5.52. The molecule has 0 heterocycles. The van der Waals surface area contributed by atoms with E-state index < -0.39 is 11.5 Å². The molecule has 6 heteroatoms. The van der Waals surface area contributed by atoms with Crippen LogP contribution in [0.2, 0.25) is 0 Å². The van der Waals surface area contributed by atoms with Crippen molar-refractivity contribution < 1.29 is 14.6 Å². The van der Waals surface area contributed by atoms with Gasteiger partial charge in [0.1, 0.15) is 12.4 Å². The molecule has 0 aliphatic carbocycles. The third-order valence-electron chi connectivity index (χ3n) is 6.26. The zero-order valence-electron chi connectivity index (χ0n) is 20.4. The highest BCUT2D eigenvalue weighted by atomic mass is 79.9. The quantitative estimate of drug-likeness (QED) is 0.165. The third-order valence-corrected chi connectivity index (χ3v) is 6.88. The van der Waals surface area contributed by atoms with E-state index in [0.717, 1.165) is 15.6 Å². The van der Waals surface area contributed by atoms with Gasteiger partial charge in [-0.15, -0.1) is 0 Å². The number of hydrogen-bond acceptors (Lipinski definition) is 4. The zero-order chi connectivity index (χ0) is 26.4. The van der Waals surface area contributed by atoms with Gasteiger partial charge in [-0.25, -0.2) is 5.43 Å². The van der Waals surface area contributed by atoms with Crippen molar-refractivity contribution in [3.05, 3.63) is 148 Å². The van der Waals surface area contributed by atoms with Gasteiger partial charge < -0.3 is 9.84 Å². The number of ether oxygens (including phenoxy) is 1. The molecule has 5 nitrogen and oxygen atoms in total. The van der Waals surface area contributed by atoms with Crippen LogP contribution in [0.15, 0.2) is 131 Å². The molecule has 2 N–H and O–H groups in total. The summed E-state index contributed by atoms with van der Waals surface area (Å²) >= 11 is 3.56. The average molecular weight is 565 g/mol. The number of carbonyl (C=O) groups excluding carboxylic acids is 1. The molecule has 0 spiro atoms. The molecule has 0 fully saturated rings. The fourth-order valence-corrected chi connectivity index (χ4v) is 4.75. The first kappa shape index (κ1) is 25.4. The largest absolute Gasteiger partial charge is 0.488 e. The predicted octanol–water partition coefficient (Wildman–Crippen LogP) is 6.57. The number of benzene rings is 5. The summed E-state index contributed by atoms with van der Waals surface area (Å²) in [5.74, 6) is 0.0439. The van der Waals surface area contributed by atoms with Crippen LogP contribution in [-0.2, 0) is 17.0 Å². The summed E-state index contributed by atoms with van der Waals surface area (Å²) < 4.78 is 6.78. The highest BCUT2D eigenvalue weighted by molar-refractivity contribution is 9.10. The number of aliphatic hydroxyl groups is 1. The average Bonchev–Trinajstić information content (AvgIpc) is 2.97. The Hall–Kier alpha value is -4.26. The van der Waals surface area contributed by atoms with Crippen molar-refractivity contribution >= 4 is 38.8 Å². The molecule has 5 aromatic carbocycles. The van der Waals surface area contributed by atoms with Crippen molar-refractivity contribution in [2.75, 3.05) is 0 Å². The molecule has 0 bridgehead atoms. The van der Waals surface area contributed by atoms with E-state index in [2.05, 4.69) is 56.8 Å². The standard InChI is InChI=1S/C32H25BrN2O3/c33-29-20-23(16-18-30(29)38-22-24-15-17-25-9-7-8-10-26(25)19-24)21-34-35-31(36)32(37,27-11-3-1-4-12-27)28-13-5-2-6-14-28/h1-21,37H,22H2,(H,35,36)/b34-21+. The van der Waals surface area contributed by atoms with Crippen molar-refractivity contribution in [3.8, 4) is 5.75 Å². The zero-order valence-corrected chi connectivity index (χ0v) is 22.0. The SMILES string of the molecule is O=C(N/N=C/c1ccc(OCc2ccc3ccccc3c2)c(Br)c1)C(O)(c1ccccc1)c1ccccc1. The van der Waals surface area contributed by atoms with E-state index in [0.29, 0.717) is 23.5 Å². The number of carbonyl (C=O) groups is 1. The van der Waals surface area contributed by atoms with Gasteiger partial charge in [-0.1, -0.05) is 97.1 Å². The molecule has 0 aliphatic rings. The first-order valence-corrected chi connectivity index (χ1v) is 12.9. The van der Waals surface area contributed by atoms with Crippen LogP contribution >= 0.6 is 15.9 Å². The Morgan fingerprint density at radius 1 is 0.816 bits per heavy atom. The van der Waals surface area contributed by atoms with E-state index in [-0.39, 0.29) is 0 Å². The summed E-state index contributed by atoms with van der Waals surface area (Å²) in [6.45, 7) is 0.435. The van der Waals surface area contributed by atoms with Crippen molar-refractivity contribution in [1.29, 1.82) is 0 Å². The Labute approximate surface area is 229 Å². The Bertz CT molecular complexity index is 1550. The van der Waals surface area contributed by atoms with Gasteiger partial charge in [-0.2, -0.15) is 5.10 Å². The van der Waals surface area contributed by atoms with E-state index in [4.69, 9.17) is 4.74 Å². The Morgan fingerprint density at radius 2 is 1.45 bits per heavy atom. The van der Waals surface area contributed by atoms with Crippen LogP contribution in [0.25, 0.3) is 10.8 Å². The number of rotatable bonds is 8. The van der Waals surface area contributed by atoms with Crippen LogP contribution in [0.3, 0.4) is 0 Å². The van der Waals surface area contributed by atoms with E-state index >= 15 is 0 Å². The van der Waals surface area contributed by atoms with Gasteiger partial charge in [-0.05, 0) is 73.2 Å². The minimum atomic E-state index is -1.89. The van der Waals surface area contributed by atoms with Crippen molar-refractivity contribution in [3.63, 3.8) is 0 Å². The minimum Gasteiger partial charge on any atom is -0.488 e. The first-order valence-electron chi connectivity index (χ1n) is 12.1. The van der Waals surface area contributed by atoms with E-state index in [9.17, 15) is 9.90 Å². The van der Waals surface area contributed by atoms with Gasteiger partial charge in [0.15, 0.2) is 5.60 Å². The molecule has 38 heavy (non-hydrogen) atoms. The number of hydrogen-bond donors (Lipinski definition) is 2. The summed E-state index contributed by atoms with van der Waals surface area (Å²) in [6, 6.07) is 37.7. The van der Waals surface area contributed by atoms with Gasteiger partial charge in [0.05, 0.1) is 10.7 Å². The lowest BCUT2D eigenvalue weighted by Gasteiger charge is -2.27. The second kappa shape index (κ2) is 11.4. The smallest absolute Gasteiger partial charge is 0.281 e. The highest BCUT2D eigenvalue weighted by Gasteiger charge is 2.39. The van der Waals surface area contributed by atoms with Gasteiger partial charge in [-0.3, -0.25) is 4.79 Å². The predicted molar refractivity (Wildman–Crippen MR) is 154 cm³/mol. The summed E-state index contributed by atoms with van der Waals surface area (Å²) in [7, 11) is 0. The first-order chi connectivity index (χ1) is 18.5. The highest BCUT2D eigenvalue weighted by Crippen LogP contribution is 2.30. The fourth-order valence-electron chi connectivity index (χ4n) is 4.24. The van der Waals surface area contributed by atoms with E-state index in [1.54, 1.807) is 48.5 Å². The second-order valence-electron chi connectivity index (χ2n) is 8.80. The minimum absolute atomic E-state index is 0.435. The van der Waals surface area contributed by atoms with Crippen LogP contribution in [0.4, 0.5) is 0 Å². The topological polar surface area (TPSA) is 70.9 Å². The van der Waals surface area contributed by atoms with Crippen LogP contribution < -0.4 is 10.2 Å². The summed E-state index contributed by atoms with van der Waals surface area (Å²) in [5, 5.41) is 18.0. The summed E-state index contributed by atoms with van der Waals surface area (Å²) in [5.41, 5.74) is 3.34. The van der Waals surface area contributed by atoms with Crippen LogP contribution in [-0.4, -0.2) is 17.2 Å². The van der Waals surface area contributed by atoms with Crippen molar-refractivity contribution in [2.45, 2.75) is 12.2 Å². The lowest BCUT2D eigenvalue weighted by molar-refractivity contribution is -0.136. The maximum Gasteiger partial charge on any atom is 0.281 e. The van der Waals surface area contributed by atoms with Crippen molar-refractivity contribution in [1.82, 2.24) is 5.43 Å². The molecular formula is C32H25BrN2O3. The maximum atomic E-state index is 13.2. The van der Waals surface area contributed by atoms with E-state index in [1.165, 1.54) is 17.0 Å². The molecule has 0 saturated carbocycles. The lowest BCUT2D eigenvalue weighted by Crippen LogP contribution is -2.43. The second-order valence-corrected chi connectivity index (χ2v) is 9.66. The van der Waals surface area contributed by atoms with Gasteiger partial charge in [0.25, 0.3) is 5.91 Å². The molecule has 1 amide bonds. The molecule has 5 aromatic rings. The van der Waals surface area contributed by atoms with Crippen LogP contribution in [0.1, 0.15) is 22.3 Å². The normalized spacial score (nSPS) is 11.5. The number of nitrogens with zero attached hydrogens (tertiary/aromatic N) is 1. The molecule has 0 aliphatic heterocycles. The van der Waals surface area contributed by atoms with Crippen LogP contribution in [0.5, 0.6) is 5.75 Å². The summed E-state index contributed by atoms with van der Waals surface area (Å²) in [6.07, 6.45) is 1.52. The molecule has 188 valence electrons. The maximum absolute atomic E-state index is 13.2. The number of halogens is 1. The lowest BCUT2D eigenvalue weighted by atomic mass is 9.85. The molecule has 0 atom stereocenters. The molecule has 0 radical (unpaired) electrons. The molecule has 5 rings (SSSR count). The number of nitrogens with one attached hydrogen (secondary N) is 1. The molecule has 0 unspecified atom stereocenters. The summed E-state index contributed by atoms with van der Waals surface area (Å²) in [4.78, 5) is 13.2. The Balaban J connectivity index is 1.26. The van der Waals surface area contributed by atoms with Gasteiger partial charge >= 0.3 is 0 Å². The van der Waals surface area contributed by atoms with Crippen molar-refractivity contribution in [2.24, 2.45) is 5.10 Å². The van der Waals surface area contributed by atoms with Gasteiger partial charge in [0, 0.05) is 0 Å². The number of amides is 1. The molecular weight excluding hydrogens is 540 g/mol. The Morgan fingerprint density at radius 3 is 2.11 bits per heavy atom. The molecule has 0 aromatic heterocycles. The Kier molecular flexibility index (Phi) is 7.63. The number of fused-ring (bicyclic) bond motifs is 1. The van der Waals surface area contributed by atoms with Crippen LogP contribution in [0, 0.1) is 0 Å². The fraction of sp³-hybridized carbons (Fsp3) is 0.0625. The number of hydrazone groups is 1. The van der Waals surface area contributed by atoms with E-state index in [1.807, 2.05) is 42.5 Å². The molecule has 0 saturated heterocycles.